The summed E-state index contributed by atoms with van der Waals surface area (Å²) in [6.45, 7) is 9.62. The van der Waals surface area contributed by atoms with Gasteiger partial charge < -0.3 is 0 Å². The van der Waals surface area contributed by atoms with Crippen LogP contribution in [0.15, 0.2) is 0 Å². The zero-order chi connectivity index (χ0) is 8.17. The third kappa shape index (κ3) is 1.11. The molecule has 0 heteroatoms. The van der Waals surface area contributed by atoms with Gasteiger partial charge in [0.1, 0.15) is 0 Å². The minimum Gasteiger partial charge on any atom is -0.0625 e. The zero-order valence-corrected chi connectivity index (χ0v) is 8.17. The van der Waals surface area contributed by atoms with Gasteiger partial charge in [-0.2, -0.15) is 0 Å². The molecule has 64 valence electrons. The topological polar surface area (TPSA) is 0 Å². The van der Waals surface area contributed by atoms with Crippen molar-refractivity contribution in [2.24, 2.45) is 35.5 Å². The molecule has 0 amide bonds. The van der Waals surface area contributed by atoms with Crippen LogP contribution < -0.4 is 0 Å². The van der Waals surface area contributed by atoms with Crippen molar-refractivity contribution in [1.82, 2.24) is 0 Å². The van der Waals surface area contributed by atoms with Gasteiger partial charge in [-0.05, 0) is 41.9 Å². The van der Waals surface area contributed by atoms with Gasteiger partial charge in [-0.1, -0.05) is 27.7 Å². The Morgan fingerprint density at radius 3 is 2.00 bits per heavy atom. The first-order valence-corrected chi connectivity index (χ1v) is 5.13. The van der Waals surface area contributed by atoms with E-state index in [9.17, 15) is 0 Å². The highest BCUT2D eigenvalue weighted by Crippen LogP contribution is 2.63. The summed E-state index contributed by atoms with van der Waals surface area (Å²) in [7, 11) is 0. The van der Waals surface area contributed by atoms with Crippen LogP contribution in [0.1, 0.15) is 34.1 Å². The van der Waals surface area contributed by atoms with Crippen molar-refractivity contribution in [2.45, 2.75) is 34.1 Å². The molecule has 0 radical (unpaired) electrons. The Balaban J connectivity index is 1.90. The Labute approximate surface area is 70.4 Å². The molecule has 0 N–H and O–H groups in total. The number of rotatable bonds is 2. The van der Waals surface area contributed by atoms with Gasteiger partial charge in [0, 0.05) is 0 Å². The van der Waals surface area contributed by atoms with Crippen LogP contribution >= 0.6 is 0 Å². The summed E-state index contributed by atoms with van der Waals surface area (Å²) in [6, 6.07) is 0. The molecule has 2 aliphatic rings. The lowest BCUT2D eigenvalue weighted by atomic mass is 10.0. The summed E-state index contributed by atoms with van der Waals surface area (Å²) < 4.78 is 0. The molecule has 0 aromatic heterocycles. The Bertz CT molecular complexity index is 159. The fraction of sp³-hybridized carbons (Fsp3) is 1.00. The van der Waals surface area contributed by atoms with E-state index in [0.717, 1.165) is 35.5 Å². The highest BCUT2D eigenvalue weighted by atomic mass is 14.6. The summed E-state index contributed by atoms with van der Waals surface area (Å²) in [6.07, 6.45) is 1.53. The molecule has 2 fully saturated rings. The van der Waals surface area contributed by atoms with Crippen LogP contribution in [-0.4, -0.2) is 0 Å². The van der Waals surface area contributed by atoms with Gasteiger partial charge in [0.15, 0.2) is 0 Å². The van der Waals surface area contributed by atoms with Crippen LogP contribution in [0.5, 0.6) is 0 Å². The molecule has 0 nitrogen and oxygen atoms in total. The minimum absolute atomic E-state index is 0.933. The van der Waals surface area contributed by atoms with Crippen molar-refractivity contribution in [3.63, 3.8) is 0 Å². The van der Waals surface area contributed by atoms with Crippen LogP contribution in [0.3, 0.4) is 0 Å². The van der Waals surface area contributed by atoms with Crippen LogP contribution in [0.25, 0.3) is 0 Å². The van der Waals surface area contributed by atoms with Crippen LogP contribution in [0, 0.1) is 35.5 Å². The van der Waals surface area contributed by atoms with E-state index in [1.165, 1.54) is 6.42 Å². The van der Waals surface area contributed by atoms with Crippen molar-refractivity contribution in [3.05, 3.63) is 0 Å². The first kappa shape index (κ1) is 7.64. The second-order valence-corrected chi connectivity index (χ2v) is 5.13. The molecule has 0 heterocycles. The highest BCUT2D eigenvalue weighted by molar-refractivity contribution is 5.05. The van der Waals surface area contributed by atoms with Gasteiger partial charge in [0.25, 0.3) is 0 Å². The van der Waals surface area contributed by atoms with Gasteiger partial charge in [-0.15, -0.1) is 0 Å². The van der Waals surface area contributed by atoms with E-state index in [1.54, 1.807) is 0 Å². The van der Waals surface area contributed by atoms with Crippen molar-refractivity contribution < 1.29 is 0 Å². The lowest BCUT2D eigenvalue weighted by Crippen LogP contribution is -1.94. The molecular formula is C11H20. The molecule has 2 rings (SSSR count). The Hall–Kier alpha value is 0. The minimum atomic E-state index is 0.933. The largest absolute Gasteiger partial charge is 0.0625 e. The van der Waals surface area contributed by atoms with Gasteiger partial charge in [0.2, 0.25) is 0 Å². The molecule has 11 heavy (non-hydrogen) atoms. The first-order valence-electron chi connectivity index (χ1n) is 5.13. The zero-order valence-electron chi connectivity index (χ0n) is 8.17. The van der Waals surface area contributed by atoms with Crippen molar-refractivity contribution in [2.75, 3.05) is 0 Å². The highest BCUT2D eigenvalue weighted by Gasteiger charge is 2.57. The number of hydrogen-bond acceptors (Lipinski definition) is 0. The van der Waals surface area contributed by atoms with Gasteiger partial charge in [0.05, 0.1) is 0 Å². The standard InChI is InChI=1S/C11H20/c1-6(2)10-8(4)11(10)9-5-7(9)3/h6-11H,5H2,1-4H3. The molecule has 5 unspecified atom stereocenters. The molecule has 2 aliphatic carbocycles. The maximum Gasteiger partial charge on any atom is -0.0321 e. The van der Waals surface area contributed by atoms with Crippen molar-refractivity contribution in [3.8, 4) is 0 Å². The third-order valence-corrected chi connectivity index (χ3v) is 3.95. The summed E-state index contributed by atoms with van der Waals surface area (Å²) in [5.41, 5.74) is 0. The Kier molecular flexibility index (Phi) is 1.56. The Morgan fingerprint density at radius 1 is 1.18 bits per heavy atom. The summed E-state index contributed by atoms with van der Waals surface area (Å²) in [5.74, 6) is 6.35. The molecule has 0 saturated heterocycles. The van der Waals surface area contributed by atoms with Crippen LogP contribution in [-0.2, 0) is 0 Å². The van der Waals surface area contributed by atoms with Crippen LogP contribution in [0.4, 0.5) is 0 Å². The quantitative estimate of drug-likeness (QED) is 0.570. The summed E-state index contributed by atoms with van der Waals surface area (Å²) in [4.78, 5) is 0. The van der Waals surface area contributed by atoms with E-state index in [-0.39, 0.29) is 0 Å². The molecule has 0 aliphatic heterocycles. The predicted molar refractivity (Wildman–Crippen MR) is 48.3 cm³/mol. The molecule has 0 spiro atoms. The second kappa shape index (κ2) is 2.24. The predicted octanol–water partition coefficient (Wildman–Crippen LogP) is 3.18. The van der Waals surface area contributed by atoms with Gasteiger partial charge in [-0.3, -0.25) is 0 Å². The van der Waals surface area contributed by atoms with Gasteiger partial charge >= 0.3 is 0 Å². The van der Waals surface area contributed by atoms with E-state index < -0.39 is 0 Å². The van der Waals surface area contributed by atoms with E-state index in [1.807, 2.05) is 0 Å². The lowest BCUT2D eigenvalue weighted by molar-refractivity contribution is 0.481. The van der Waals surface area contributed by atoms with Crippen molar-refractivity contribution in [1.29, 1.82) is 0 Å². The third-order valence-electron chi connectivity index (χ3n) is 3.95. The molecule has 0 aromatic carbocycles. The second-order valence-electron chi connectivity index (χ2n) is 5.13. The van der Waals surface area contributed by atoms with E-state index in [4.69, 9.17) is 0 Å². The summed E-state index contributed by atoms with van der Waals surface area (Å²) in [5, 5.41) is 0. The summed E-state index contributed by atoms with van der Waals surface area (Å²) >= 11 is 0. The molecule has 0 bridgehead atoms. The normalized spacial score (nSPS) is 54.8. The van der Waals surface area contributed by atoms with E-state index in [2.05, 4.69) is 27.7 Å². The fourth-order valence-electron chi connectivity index (χ4n) is 3.14. The molecule has 2 saturated carbocycles. The Morgan fingerprint density at radius 2 is 1.73 bits per heavy atom. The van der Waals surface area contributed by atoms with Crippen LogP contribution in [0.2, 0.25) is 0 Å². The lowest BCUT2D eigenvalue weighted by Gasteiger charge is -2.00. The smallest absolute Gasteiger partial charge is 0.0321 e. The molecule has 0 aromatic rings. The van der Waals surface area contributed by atoms with Crippen molar-refractivity contribution >= 4 is 0 Å². The first-order chi connectivity index (χ1) is 5.13. The number of hydrogen-bond donors (Lipinski definition) is 0. The fourth-order valence-corrected chi connectivity index (χ4v) is 3.14. The van der Waals surface area contributed by atoms with E-state index >= 15 is 0 Å². The monoisotopic (exact) mass is 152 g/mol. The maximum absolute atomic E-state index is 2.44. The molecular weight excluding hydrogens is 132 g/mol. The molecule has 5 atom stereocenters. The van der Waals surface area contributed by atoms with Gasteiger partial charge in [-0.25, -0.2) is 0 Å². The average Bonchev–Trinajstić information content (AvgIpc) is 2.71. The maximum atomic E-state index is 2.44. The SMILES string of the molecule is CC(C)C1C(C)C1C1CC1C. The van der Waals surface area contributed by atoms with E-state index in [0.29, 0.717) is 0 Å². The average molecular weight is 152 g/mol.